The third-order valence-electron chi connectivity index (χ3n) is 4.36. The first-order valence-corrected chi connectivity index (χ1v) is 8.02. The summed E-state index contributed by atoms with van der Waals surface area (Å²) < 4.78 is 0. The SMILES string of the molecule is CCN(C)C1CCN(C(=O)CCCCC(C)C)CC1. The second-order valence-electron chi connectivity index (χ2n) is 6.32. The van der Waals surface area contributed by atoms with Crippen LogP contribution in [0.15, 0.2) is 0 Å². The molecule has 1 fully saturated rings. The molecule has 0 saturated carbocycles. The van der Waals surface area contributed by atoms with Crippen LogP contribution in [0.25, 0.3) is 0 Å². The Bertz CT molecular complexity index is 257. The minimum Gasteiger partial charge on any atom is -0.343 e. The van der Waals surface area contributed by atoms with Gasteiger partial charge in [-0.25, -0.2) is 0 Å². The van der Waals surface area contributed by atoms with Gasteiger partial charge in [0.2, 0.25) is 5.91 Å². The maximum atomic E-state index is 12.1. The van der Waals surface area contributed by atoms with Crippen LogP contribution in [0, 0.1) is 5.92 Å². The number of hydrogen-bond donors (Lipinski definition) is 0. The fourth-order valence-electron chi connectivity index (χ4n) is 2.80. The Morgan fingerprint density at radius 1 is 1.26 bits per heavy atom. The number of unbranched alkanes of at least 4 members (excludes halogenated alkanes) is 1. The van der Waals surface area contributed by atoms with Crippen molar-refractivity contribution in [3.05, 3.63) is 0 Å². The highest BCUT2D eigenvalue weighted by Gasteiger charge is 2.24. The van der Waals surface area contributed by atoms with E-state index in [1.165, 1.54) is 12.8 Å². The summed E-state index contributed by atoms with van der Waals surface area (Å²) in [6, 6.07) is 0.676. The van der Waals surface area contributed by atoms with Crippen LogP contribution in [-0.2, 0) is 4.79 Å². The lowest BCUT2D eigenvalue weighted by Crippen LogP contribution is -2.45. The first-order valence-electron chi connectivity index (χ1n) is 8.02. The number of likely N-dealkylation sites (tertiary alicyclic amines) is 1. The van der Waals surface area contributed by atoms with E-state index in [0.717, 1.165) is 51.2 Å². The summed E-state index contributed by atoms with van der Waals surface area (Å²) >= 11 is 0. The summed E-state index contributed by atoms with van der Waals surface area (Å²) in [5.74, 6) is 1.14. The summed E-state index contributed by atoms with van der Waals surface area (Å²) in [4.78, 5) is 16.6. The summed E-state index contributed by atoms with van der Waals surface area (Å²) in [6.07, 6.45) is 6.53. The second-order valence-corrected chi connectivity index (χ2v) is 6.32. The van der Waals surface area contributed by atoms with Gasteiger partial charge in [0.05, 0.1) is 0 Å². The van der Waals surface area contributed by atoms with E-state index >= 15 is 0 Å². The normalized spacial score (nSPS) is 17.5. The smallest absolute Gasteiger partial charge is 0.222 e. The molecular formula is C16H32N2O. The van der Waals surface area contributed by atoms with Gasteiger partial charge < -0.3 is 9.80 Å². The van der Waals surface area contributed by atoms with Gasteiger partial charge in [0.15, 0.2) is 0 Å². The van der Waals surface area contributed by atoms with Gasteiger partial charge in [-0.3, -0.25) is 4.79 Å². The molecule has 3 nitrogen and oxygen atoms in total. The lowest BCUT2D eigenvalue weighted by Gasteiger charge is -2.36. The Kier molecular flexibility index (Phi) is 7.44. The third kappa shape index (κ3) is 5.94. The average molecular weight is 268 g/mol. The molecule has 0 atom stereocenters. The molecule has 1 heterocycles. The van der Waals surface area contributed by atoms with Crippen LogP contribution >= 0.6 is 0 Å². The lowest BCUT2D eigenvalue weighted by atomic mass is 10.0. The molecule has 1 amide bonds. The van der Waals surface area contributed by atoms with E-state index in [1.54, 1.807) is 0 Å². The van der Waals surface area contributed by atoms with Gasteiger partial charge >= 0.3 is 0 Å². The van der Waals surface area contributed by atoms with Crippen molar-refractivity contribution in [1.29, 1.82) is 0 Å². The molecular weight excluding hydrogens is 236 g/mol. The van der Waals surface area contributed by atoms with Crippen molar-refractivity contribution >= 4 is 5.91 Å². The van der Waals surface area contributed by atoms with Crippen LogP contribution in [0.4, 0.5) is 0 Å². The van der Waals surface area contributed by atoms with Gasteiger partial charge in [-0.05, 0) is 38.8 Å². The Morgan fingerprint density at radius 3 is 2.42 bits per heavy atom. The van der Waals surface area contributed by atoms with Crippen molar-refractivity contribution in [2.24, 2.45) is 5.92 Å². The van der Waals surface area contributed by atoms with Crippen molar-refractivity contribution < 1.29 is 4.79 Å². The molecule has 0 aromatic rings. The molecule has 112 valence electrons. The molecule has 0 spiro atoms. The molecule has 1 saturated heterocycles. The largest absolute Gasteiger partial charge is 0.343 e. The highest BCUT2D eigenvalue weighted by molar-refractivity contribution is 5.76. The van der Waals surface area contributed by atoms with Crippen molar-refractivity contribution in [2.75, 3.05) is 26.7 Å². The van der Waals surface area contributed by atoms with Gasteiger partial charge in [0.1, 0.15) is 0 Å². The zero-order chi connectivity index (χ0) is 14.3. The zero-order valence-electron chi connectivity index (χ0n) is 13.3. The topological polar surface area (TPSA) is 23.6 Å². The van der Waals surface area contributed by atoms with Crippen molar-refractivity contribution in [1.82, 2.24) is 9.80 Å². The molecule has 19 heavy (non-hydrogen) atoms. The van der Waals surface area contributed by atoms with E-state index in [0.29, 0.717) is 11.9 Å². The fourth-order valence-corrected chi connectivity index (χ4v) is 2.80. The van der Waals surface area contributed by atoms with E-state index in [1.807, 2.05) is 0 Å². The lowest BCUT2D eigenvalue weighted by molar-refractivity contribution is -0.132. The Balaban J connectivity index is 2.18. The Hall–Kier alpha value is -0.570. The quantitative estimate of drug-likeness (QED) is 0.662. The Labute approximate surface area is 119 Å². The minimum absolute atomic E-state index is 0.376. The zero-order valence-corrected chi connectivity index (χ0v) is 13.3. The molecule has 0 aliphatic carbocycles. The number of carbonyl (C=O) groups excluding carboxylic acids is 1. The molecule has 0 bridgehead atoms. The molecule has 0 N–H and O–H groups in total. The van der Waals surface area contributed by atoms with Gasteiger partial charge in [-0.15, -0.1) is 0 Å². The predicted octanol–water partition coefficient (Wildman–Crippen LogP) is 3.15. The molecule has 0 unspecified atom stereocenters. The summed E-state index contributed by atoms with van der Waals surface area (Å²) in [5, 5.41) is 0. The third-order valence-corrected chi connectivity index (χ3v) is 4.36. The van der Waals surface area contributed by atoms with Crippen LogP contribution in [0.3, 0.4) is 0 Å². The monoisotopic (exact) mass is 268 g/mol. The highest BCUT2D eigenvalue weighted by atomic mass is 16.2. The second kappa shape index (κ2) is 8.57. The van der Waals surface area contributed by atoms with E-state index in [2.05, 4.69) is 37.6 Å². The van der Waals surface area contributed by atoms with Crippen LogP contribution in [0.2, 0.25) is 0 Å². The first kappa shape index (κ1) is 16.5. The minimum atomic E-state index is 0.376. The highest BCUT2D eigenvalue weighted by Crippen LogP contribution is 2.17. The van der Waals surface area contributed by atoms with Crippen molar-refractivity contribution in [2.45, 2.75) is 65.3 Å². The predicted molar refractivity (Wildman–Crippen MR) is 81.2 cm³/mol. The number of rotatable bonds is 7. The number of hydrogen-bond acceptors (Lipinski definition) is 2. The standard InChI is InChI=1S/C16H32N2O/c1-5-17(4)15-10-12-18(13-11-15)16(19)9-7-6-8-14(2)3/h14-15H,5-13H2,1-4H3. The van der Waals surface area contributed by atoms with Crippen molar-refractivity contribution in [3.8, 4) is 0 Å². The van der Waals surface area contributed by atoms with E-state index in [-0.39, 0.29) is 0 Å². The summed E-state index contributed by atoms with van der Waals surface area (Å²) in [7, 11) is 2.19. The summed E-state index contributed by atoms with van der Waals surface area (Å²) in [5.41, 5.74) is 0. The Morgan fingerprint density at radius 2 is 1.89 bits per heavy atom. The van der Waals surface area contributed by atoms with Crippen LogP contribution in [0.5, 0.6) is 0 Å². The van der Waals surface area contributed by atoms with Crippen LogP contribution in [-0.4, -0.2) is 48.4 Å². The van der Waals surface area contributed by atoms with Crippen LogP contribution < -0.4 is 0 Å². The van der Waals surface area contributed by atoms with Crippen LogP contribution in [0.1, 0.15) is 59.3 Å². The number of carbonyl (C=O) groups is 1. The number of nitrogens with zero attached hydrogens (tertiary/aromatic N) is 2. The van der Waals surface area contributed by atoms with Crippen molar-refractivity contribution in [3.63, 3.8) is 0 Å². The molecule has 1 rings (SSSR count). The van der Waals surface area contributed by atoms with E-state index < -0.39 is 0 Å². The molecule has 1 aliphatic heterocycles. The fraction of sp³-hybridized carbons (Fsp3) is 0.938. The molecule has 1 aliphatic rings. The van der Waals surface area contributed by atoms with E-state index in [9.17, 15) is 4.79 Å². The number of piperidine rings is 1. The molecule has 0 radical (unpaired) electrons. The number of amides is 1. The molecule has 3 heteroatoms. The first-order chi connectivity index (χ1) is 9.04. The maximum Gasteiger partial charge on any atom is 0.222 e. The van der Waals surface area contributed by atoms with Gasteiger partial charge in [0.25, 0.3) is 0 Å². The maximum absolute atomic E-state index is 12.1. The van der Waals surface area contributed by atoms with Gasteiger partial charge in [-0.1, -0.05) is 33.6 Å². The van der Waals surface area contributed by atoms with E-state index in [4.69, 9.17) is 0 Å². The molecule has 0 aromatic carbocycles. The van der Waals surface area contributed by atoms with Gasteiger partial charge in [0, 0.05) is 25.6 Å². The summed E-state index contributed by atoms with van der Waals surface area (Å²) in [6.45, 7) is 9.71. The van der Waals surface area contributed by atoms with Gasteiger partial charge in [-0.2, -0.15) is 0 Å². The molecule has 0 aromatic heterocycles. The average Bonchev–Trinajstić information content (AvgIpc) is 2.42.